The predicted molar refractivity (Wildman–Crippen MR) is 108 cm³/mol. The first-order valence-corrected chi connectivity index (χ1v) is 10.1. The number of amides is 1. The van der Waals surface area contributed by atoms with E-state index in [1.165, 1.54) is 19.3 Å². The fourth-order valence-corrected chi connectivity index (χ4v) is 3.74. The summed E-state index contributed by atoms with van der Waals surface area (Å²) in [5, 5.41) is 7.16. The lowest BCUT2D eigenvalue weighted by atomic mass is 9.98. The monoisotopic (exact) mass is 383 g/mol. The van der Waals surface area contributed by atoms with Crippen molar-refractivity contribution in [1.29, 1.82) is 0 Å². The van der Waals surface area contributed by atoms with Crippen molar-refractivity contribution in [2.24, 2.45) is 0 Å². The van der Waals surface area contributed by atoms with Crippen molar-refractivity contribution in [3.63, 3.8) is 0 Å². The molecule has 1 fully saturated rings. The van der Waals surface area contributed by atoms with Gasteiger partial charge in [-0.25, -0.2) is 4.68 Å². The number of aryl methyl sites for hydroxylation is 1. The molecule has 2 aromatic rings. The first-order chi connectivity index (χ1) is 13.6. The number of ketones is 1. The van der Waals surface area contributed by atoms with Gasteiger partial charge in [-0.1, -0.05) is 37.5 Å². The average Bonchev–Trinajstić information content (AvgIpc) is 3.02. The summed E-state index contributed by atoms with van der Waals surface area (Å²) in [5.41, 5.74) is 2.47. The molecule has 1 aliphatic carbocycles. The van der Waals surface area contributed by atoms with Gasteiger partial charge in [-0.2, -0.15) is 5.10 Å². The third kappa shape index (κ3) is 4.87. The molecule has 0 atom stereocenters. The van der Waals surface area contributed by atoms with Crippen LogP contribution < -0.4 is 5.32 Å². The van der Waals surface area contributed by atoms with Crippen LogP contribution in [0.2, 0.25) is 0 Å². The Bertz CT molecular complexity index is 808. The van der Waals surface area contributed by atoms with Gasteiger partial charge in [0.15, 0.2) is 0 Å². The molecule has 28 heavy (non-hydrogen) atoms. The maximum Gasteiger partial charge on any atom is 0.292 e. The van der Waals surface area contributed by atoms with Crippen molar-refractivity contribution in [2.45, 2.75) is 58.5 Å². The minimum Gasteiger partial charge on any atom is -0.378 e. The first-order valence-electron chi connectivity index (χ1n) is 10.1. The third-order valence-electron chi connectivity index (χ3n) is 5.24. The Hall–Kier alpha value is -2.47. The Morgan fingerprint density at radius 2 is 1.86 bits per heavy atom. The molecule has 0 aliphatic heterocycles. The topological polar surface area (TPSA) is 73.2 Å². The van der Waals surface area contributed by atoms with Crippen LogP contribution in [0.1, 0.15) is 60.3 Å². The van der Waals surface area contributed by atoms with Crippen LogP contribution >= 0.6 is 0 Å². The molecule has 1 aliphatic rings. The second kappa shape index (κ2) is 9.64. The summed E-state index contributed by atoms with van der Waals surface area (Å²) in [6, 6.07) is 9.58. The second-order valence-corrected chi connectivity index (χ2v) is 7.36. The maximum absolute atomic E-state index is 12.6. The number of ether oxygens (including phenoxy) is 1. The van der Waals surface area contributed by atoms with Gasteiger partial charge in [0.1, 0.15) is 0 Å². The molecule has 3 rings (SSSR count). The standard InChI is InChI=1S/C22H29N3O3/c1-16-20(17(2)25(24-16)18-10-5-3-6-11-18)21(26)22(27)23-14-9-15-28-19-12-7-4-8-13-19/h3,5-6,10-11,19H,4,7-9,12-15H2,1-2H3,(H,23,27). The van der Waals surface area contributed by atoms with Crippen LogP contribution in [-0.4, -0.2) is 40.7 Å². The highest BCUT2D eigenvalue weighted by molar-refractivity contribution is 6.43. The molecule has 0 spiro atoms. The molecule has 1 saturated carbocycles. The number of hydrogen-bond acceptors (Lipinski definition) is 4. The van der Waals surface area contributed by atoms with Crippen molar-refractivity contribution in [1.82, 2.24) is 15.1 Å². The molecule has 6 heteroatoms. The van der Waals surface area contributed by atoms with Crippen LogP contribution in [-0.2, 0) is 9.53 Å². The van der Waals surface area contributed by atoms with Crippen molar-refractivity contribution in [3.8, 4) is 5.69 Å². The highest BCUT2D eigenvalue weighted by atomic mass is 16.5. The average molecular weight is 383 g/mol. The fourth-order valence-electron chi connectivity index (χ4n) is 3.74. The summed E-state index contributed by atoms with van der Waals surface area (Å²) in [6.07, 6.45) is 7.12. The van der Waals surface area contributed by atoms with Gasteiger partial charge < -0.3 is 10.1 Å². The number of rotatable bonds is 8. The van der Waals surface area contributed by atoms with E-state index in [1.54, 1.807) is 11.6 Å². The summed E-state index contributed by atoms with van der Waals surface area (Å²) in [5.74, 6) is -1.12. The van der Waals surface area contributed by atoms with Crippen LogP contribution in [0.15, 0.2) is 30.3 Å². The minimum atomic E-state index is -0.587. The van der Waals surface area contributed by atoms with E-state index < -0.39 is 11.7 Å². The molecule has 1 aromatic heterocycles. The van der Waals surface area contributed by atoms with E-state index in [0.29, 0.717) is 42.6 Å². The van der Waals surface area contributed by atoms with Crippen LogP contribution in [0.4, 0.5) is 0 Å². The molecule has 1 aromatic carbocycles. The van der Waals surface area contributed by atoms with Gasteiger partial charge in [0, 0.05) is 13.2 Å². The lowest BCUT2D eigenvalue weighted by Gasteiger charge is -2.21. The van der Waals surface area contributed by atoms with Crippen LogP contribution in [0.25, 0.3) is 5.69 Å². The summed E-state index contributed by atoms with van der Waals surface area (Å²) in [7, 11) is 0. The van der Waals surface area contributed by atoms with Gasteiger partial charge in [-0.3, -0.25) is 9.59 Å². The number of carbonyl (C=O) groups is 2. The Morgan fingerprint density at radius 1 is 1.14 bits per heavy atom. The van der Waals surface area contributed by atoms with Crippen LogP contribution in [0, 0.1) is 13.8 Å². The Labute approximate surface area is 166 Å². The third-order valence-corrected chi connectivity index (χ3v) is 5.24. The summed E-state index contributed by atoms with van der Waals surface area (Å²) >= 11 is 0. The molecule has 0 radical (unpaired) electrons. The molecule has 1 N–H and O–H groups in total. The summed E-state index contributed by atoms with van der Waals surface area (Å²) in [4.78, 5) is 25.0. The van der Waals surface area contributed by atoms with E-state index in [2.05, 4.69) is 10.4 Å². The minimum absolute atomic E-state index is 0.361. The van der Waals surface area contributed by atoms with Gasteiger partial charge in [-0.15, -0.1) is 0 Å². The highest BCUT2D eigenvalue weighted by Crippen LogP contribution is 2.20. The zero-order chi connectivity index (χ0) is 19.9. The van der Waals surface area contributed by atoms with Crippen molar-refractivity contribution < 1.29 is 14.3 Å². The predicted octanol–water partition coefficient (Wildman–Crippen LogP) is 3.53. The fraction of sp³-hybridized carbons (Fsp3) is 0.500. The second-order valence-electron chi connectivity index (χ2n) is 7.36. The zero-order valence-corrected chi connectivity index (χ0v) is 16.7. The quantitative estimate of drug-likeness (QED) is 0.430. The van der Waals surface area contributed by atoms with E-state index in [-0.39, 0.29) is 0 Å². The lowest BCUT2D eigenvalue weighted by molar-refractivity contribution is -0.117. The summed E-state index contributed by atoms with van der Waals surface area (Å²) in [6.45, 7) is 4.61. The van der Waals surface area contributed by atoms with Gasteiger partial charge in [0.2, 0.25) is 0 Å². The van der Waals surface area contributed by atoms with Crippen LogP contribution in [0.5, 0.6) is 0 Å². The Balaban J connectivity index is 1.52. The molecule has 0 saturated heterocycles. The Morgan fingerprint density at radius 3 is 2.57 bits per heavy atom. The van der Waals surface area contributed by atoms with E-state index in [9.17, 15) is 9.59 Å². The maximum atomic E-state index is 12.6. The number of aromatic nitrogens is 2. The van der Waals surface area contributed by atoms with Crippen molar-refractivity contribution in [2.75, 3.05) is 13.2 Å². The number of carbonyl (C=O) groups excluding carboxylic acids is 2. The normalized spacial score (nSPS) is 14.8. The van der Waals surface area contributed by atoms with Gasteiger partial charge in [-0.05, 0) is 45.2 Å². The molecule has 0 bridgehead atoms. The van der Waals surface area contributed by atoms with Gasteiger partial charge in [0.25, 0.3) is 11.7 Å². The number of nitrogens with one attached hydrogen (secondary N) is 1. The van der Waals surface area contributed by atoms with Gasteiger partial charge in [0.05, 0.1) is 28.7 Å². The number of para-hydroxylation sites is 1. The lowest BCUT2D eigenvalue weighted by Crippen LogP contribution is -2.33. The smallest absolute Gasteiger partial charge is 0.292 e. The zero-order valence-electron chi connectivity index (χ0n) is 16.7. The molecule has 6 nitrogen and oxygen atoms in total. The van der Waals surface area contributed by atoms with Crippen molar-refractivity contribution in [3.05, 3.63) is 47.3 Å². The largest absolute Gasteiger partial charge is 0.378 e. The number of Topliss-reactive ketones (excluding diaryl/α,β-unsaturated/α-hetero) is 1. The van der Waals surface area contributed by atoms with Gasteiger partial charge >= 0.3 is 0 Å². The molecule has 1 amide bonds. The number of benzene rings is 1. The SMILES string of the molecule is Cc1nn(-c2ccccc2)c(C)c1C(=O)C(=O)NCCCOC1CCCCC1. The molecular weight excluding hydrogens is 354 g/mol. The van der Waals surface area contributed by atoms with E-state index >= 15 is 0 Å². The molecular formula is C22H29N3O3. The van der Waals surface area contributed by atoms with E-state index in [4.69, 9.17) is 4.74 Å². The van der Waals surface area contributed by atoms with Crippen LogP contribution in [0.3, 0.4) is 0 Å². The summed E-state index contributed by atoms with van der Waals surface area (Å²) < 4.78 is 7.55. The molecule has 0 unspecified atom stereocenters. The van der Waals surface area contributed by atoms with E-state index in [1.807, 2.05) is 37.3 Å². The van der Waals surface area contributed by atoms with E-state index in [0.717, 1.165) is 18.5 Å². The first kappa shape index (κ1) is 20.3. The molecule has 1 heterocycles. The van der Waals surface area contributed by atoms with Crippen molar-refractivity contribution >= 4 is 11.7 Å². The highest BCUT2D eigenvalue weighted by Gasteiger charge is 2.24. The number of nitrogens with zero attached hydrogens (tertiary/aromatic N) is 2. The number of hydrogen-bond donors (Lipinski definition) is 1. The molecule has 150 valence electrons. The Kier molecular flexibility index (Phi) is 6.98.